The Kier molecular flexibility index (Phi) is 8.90. The van der Waals surface area contributed by atoms with Gasteiger partial charge in [-0.05, 0) is 36.2 Å². The fourth-order valence-corrected chi connectivity index (χ4v) is 4.04. The smallest absolute Gasteiger partial charge is 0.417 e. The lowest BCUT2D eigenvalue weighted by atomic mass is 10.0. The fourth-order valence-electron chi connectivity index (χ4n) is 4.04. The number of methoxy groups -OCH3 is 4. The third-order valence-electron chi connectivity index (χ3n) is 5.98. The van der Waals surface area contributed by atoms with Crippen molar-refractivity contribution in [2.24, 2.45) is 0 Å². The average Bonchev–Trinajstić information content (AvgIpc) is 3.16. The van der Waals surface area contributed by atoms with Gasteiger partial charge in [0.15, 0.2) is 11.5 Å². The number of alkyl halides is 3. The van der Waals surface area contributed by atoms with Crippen molar-refractivity contribution >= 4 is 17.4 Å². The van der Waals surface area contributed by atoms with Gasteiger partial charge in [-0.3, -0.25) is 9.59 Å². The van der Waals surface area contributed by atoms with Gasteiger partial charge in [-0.25, -0.2) is 0 Å². The summed E-state index contributed by atoms with van der Waals surface area (Å²) in [5.41, 5.74) is -0.890. The molecule has 200 valence electrons. The Balaban J connectivity index is 1.78. The number of ether oxygens (including phenoxy) is 4. The predicted octanol–water partition coefficient (Wildman–Crippen LogP) is 4.04. The summed E-state index contributed by atoms with van der Waals surface area (Å²) in [4.78, 5) is 28.9. The lowest BCUT2D eigenvalue weighted by Gasteiger charge is -2.23. The van der Waals surface area contributed by atoms with Crippen LogP contribution < -0.4 is 18.9 Å². The van der Waals surface area contributed by atoms with E-state index < -0.39 is 17.7 Å². The maximum atomic E-state index is 13.8. The van der Waals surface area contributed by atoms with E-state index in [0.717, 1.165) is 0 Å². The molecule has 3 rings (SSSR count). The second-order valence-corrected chi connectivity index (χ2v) is 8.17. The molecule has 1 aliphatic rings. The molecule has 0 unspecified atom stereocenters. The van der Waals surface area contributed by atoms with Crippen LogP contribution in [0.3, 0.4) is 0 Å². The highest BCUT2D eigenvalue weighted by atomic mass is 19.4. The highest BCUT2D eigenvalue weighted by molar-refractivity contribution is 5.97. The molecule has 37 heavy (non-hydrogen) atoms. The number of amides is 2. The van der Waals surface area contributed by atoms with E-state index in [1.54, 1.807) is 4.90 Å². The number of carbonyl (C=O) groups excluding carboxylic acids is 2. The molecule has 2 amide bonds. The summed E-state index contributed by atoms with van der Waals surface area (Å²) in [6, 6.07) is 8.38. The molecule has 0 atom stereocenters. The zero-order valence-corrected chi connectivity index (χ0v) is 21.1. The minimum atomic E-state index is -4.73. The molecular formula is C26H29F3N2O6. The number of halogens is 3. The van der Waals surface area contributed by atoms with Crippen molar-refractivity contribution in [1.82, 2.24) is 9.80 Å². The van der Waals surface area contributed by atoms with Gasteiger partial charge in [0, 0.05) is 37.8 Å². The van der Waals surface area contributed by atoms with E-state index in [0.29, 0.717) is 47.6 Å². The van der Waals surface area contributed by atoms with Gasteiger partial charge in [-0.2, -0.15) is 13.2 Å². The van der Waals surface area contributed by atoms with Crippen molar-refractivity contribution in [3.05, 3.63) is 53.6 Å². The second kappa shape index (κ2) is 11.9. The molecule has 1 saturated heterocycles. The summed E-state index contributed by atoms with van der Waals surface area (Å²) in [5, 5.41) is 0. The Labute approximate surface area is 213 Å². The molecule has 0 saturated carbocycles. The Morgan fingerprint density at radius 1 is 0.784 bits per heavy atom. The molecule has 0 bridgehead atoms. The Bertz CT molecular complexity index is 1120. The third kappa shape index (κ3) is 6.46. The van der Waals surface area contributed by atoms with Gasteiger partial charge in [0.1, 0.15) is 5.75 Å². The topological polar surface area (TPSA) is 77.5 Å². The van der Waals surface area contributed by atoms with E-state index >= 15 is 0 Å². The molecule has 0 spiro atoms. The number of carbonyl (C=O) groups is 2. The maximum Gasteiger partial charge on any atom is 0.417 e. The minimum absolute atomic E-state index is 0.0826. The summed E-state index contributed by atoms with van der Waals surface area (Å²) in [7, 11) is 5.74. The largest absolute Gasteiger partial charge is 0.497 e. The molecular weight excluding hydrogens is 493 g/mol. The van der Waals surface area contributed by atoms with Crippen LogP contribution in [0, 0.1) is 0 Å². The molecule has 8 nitrogen and oxygen atoms in total. The van der Waals surface area contributed by atoms with E-state index in [2.05, 4.69) is 0 Å². The van der Waals surface area contributed by atoms with Crippen LogP contribution in [0.4, 0.5) is 13.2 Å². The number of hydrogen-bond donors (Lipinski definition) is 0. The Morgan fingerprint density at radius 3 is 1.86 bits per heavy atom. The van der Waals surface area contributed by atoms with Gasteiger partial charge in [0.05, 0.1) is 34.0 Å². The summed E-state index contributed by atoms with van der Waals surface area (Å²) < 4.78 is 62.2. The molecule has 2 aromatic carbocycles. The predicted molar refractivity (Wildman–Crippen MR) is 130 cm³/mol. The minimum Gasteiger partial charge on any atom is -0.497 e. The van der Waals surface area contributed by atoms with Crippen LogP contribution in [0.2, 0.25) is 0 Å². The first kappa shape index (κ1) is 27.7. The Hall–Kier alpha value is -3.89. The number of hydrogen-bond acceptors (Lipinski definition) is 6. The van der Waals surface area contributed by atoms with Crippen molar-refractivity contribution in [3.8, 4) is 23.0 Å². The van der Waals surface area contributed by atoms with Crippen LogP contribution in [0.1, 0.15) is 22.3 Å². The van der Waals surface area contributed by atoms with Gasteiger partial charge >= 0.3 is 6.18 Å². The molecule has 11 heteroatoms. The van der Waals surface area contributed by atoms with Crippen molar-refractivity contribution in [2.75, 3.05) is 54.6 Å². The monoisotopic (exact) mass is 522 g/mol. The van der Waals surface area contributed by atoms with Crippen molar-refractivity contribution < 1.29 is 41.7 Å². The normalized spacial score (nSPS) is 14.6. The van der Waals surface area contributed by atoms with Crippen LogP contribution in [0.5, 0.6) is 23.0 Å². The number of allylic oxidation sites excluding steroid dienone is 1. The molecule has 0 radical (unpaired) electrons. The lowest BCUT2D eigenvalue weighted by Crippen LogP contribution is -2.37. The SMILES string of the molecule is COc1ccc(C(=CC(=O)N2CCCN(C(=O)c3cc(OC)c(OC)c(OC)c3)CC2)C(F)(F)F)cc1. The van der Waals surface area contributed by atoms with Crippen molar-refractivity contribution in [2.45, 2.75) is 12.6 Å². The van der Waals surface area contributed by atoms with Crippen LogP contribution in [0.15, 0.2) is 42.5 Å². The van der Waals surface area contributed by atoms with E-state index in [4.69, 9.17) is 18.9 Å². The highest BCUT2D eigenvalue weighted by Gasteiger charge is 2.36. The first-order valence-corrected chi connectivity index (χ1v) is 11.4. The first-order chi connectivity index (χ1) is 17.6. The molecule has 0 N–H and O–H groups in total. The van der Waals surface area contributed by atoms with Gasteiger partial charge < -0.3 is 28.7 Å². The highest BCUT2D eigenvalue weighted by Crippen LogP contribution is 2.38. The lowest BCUT2D eigenvalue weighted by molar-refractivity contribution is -0.126. The molecule has 2 aromatic rings. The van der Waals surface area contributed by atoms with E-state index in [9.17, 15) is 22.8 Å². The fraction of sp³-hybridized carbons (Fsp3) is 0.385. The first-order valence-electron chi connectivity index (χ1n) is 11.4. The van der Waals surface area contributed by atoms with Crippen LogP contribution in [-0.2, 0) is 4.79 Å². The van der Waals surface area contributed by atoms with Crippen LogP contribution >= 0.6 is 0 Å². The summed E-state index contributed by atoms with van der Waals surface area (Å²) in [5.74, 6) is 0.295. The maximum absolute atomic E-state index is 13.8. The molecule has 0 aromatic heterocycles. The quantitative estimate of drug-likeness (QED) is 0.511. The molecule has 1 heterocycles. The van der Waals surface area contributed by atoms with Crippen LogP contribution in [-0.4, -0.2) is 82.4 Å². The van der Waals surface area contributed by atoms with Crippen molar-refractivity contribution in [1.29, 1.82) is 0 Å². The summed E-state index contributed by atoms with van der Waals surface area (Å²) >= 11 is 0. The second-order valence-electron chi connectivity index (χ2n) is 8.17. The van der Waals surface area contributed by atoms with E-state index in [-0.39, 0.29) is 31.1 Å². The van der Waals surface area contributed by atoms with E-state index in [1.165, 1.54) is 69.7 Å². The van der Waals surface area contributed by atoms with Gasteiger partial charge in [0.25, 0.3) is 5.91 Å². The number of rotatable bonds is 7. The molecule has 0 aliphatic carbocycles. The summed E-state index contributed by atoms with van der Waals surface area (Å²) in [6.07, 6.45) is -3.72. The number of benzene rings is 2. The standard InChI is InChI=1S/C26H29F3N2O6/c1-34-19-8-6-17(7-9-19)20(26(27,28)29)16-23(32)30-10-5-11-31(13-12-30)25(33)18-14-21(35-2)24(37-4)22(15-18)36-3/h6-9,14-16H,5,10-13H2,1-4H3. The molecule has 1 fully saturated rings. The van der Waals surface area contributed by atoms with Gasteiger partial charge in [-0.15, -0.1) is 0 Å². The zero-order chi connectivity index (χ0) is 27.2. The zero-order valence-electron chi connectivity index (χ0n) is 21.1. The molecule has 1 aliphatic heterocycles. The van der Waals surface area contributed by atoms with Gasteiger partial charge in [-0.1, -0.05) is 12.1 Å². The Morgan fingerprint density at radius 2 is 1.35 bits per heavy atom. The third-order valence-corrected chi connectivity index (χ3v) is 5.98. The summed E-state index contributed by atoms with van der Waals surface area (Å²) in [6.45, 7) is 0.772. The van der Waals surface area contributed by atoms with Crippen LogP contribution in [0.25, 0.3) is 5.57 Å². The van der Waals surface area contributed by atoms with Gasteiger partial charge in [0.2, 0.25) is 11.7 Å². The average molecular weight is 523 g/mol. The van der Waals surface area contributed by atoms with E-state index in [1.807, 2.05) is 0 Å². The number of nitrogens with zero attached hydrogens (tertiary/aromatic N) is 2. The van der Waals surface area contributed by atoms with Crippen molar-refractivity contribution in [3.63, 3.8) is 0 Å².